The third kappa shape index (κ3) is 4.82. The number of aromatic nitrogens is 2. The van der Waals surface area contributed by atoms with Crippen molar-refractivity contribution in [2.24, 2.45) is 0 Å². The van der Waals surface area contributed by atoms with Crippen LogP contribution in [-0.2, 0) is 19.6 Å². The van der Waals surface area contributed by atoms with Gasteiger partial charge in [-0.15, -0.1) is 0 Å². The minimum atomic E-state index is 0.533. The second-order valence-corrected chi connectivity index (χ2v) is 9.61. The van der Waals surface area contributed by atoms with Crippen molar-refractivity contribution in [1.29, 1.82) is 0 Å². The third-order valence-electron chi connectivity index (χ3n) is 7.23. The summed E-state index contributed by atoms with van der Waals surface area (Å²) < 4.78 is 8.08. The van der Waals surface area contributed by atoms with Crippen LogP contribution in [0, 0.1) is 0 Å². The lowest BCUT2D eigenvalue weighted by molar-refractivity contribution is 0.203. The second-order valence-electron chi connectivity index (χ2n) is 9.61. The van der Waals surface area contributed by atoms with Crippen molar-refractivity contribution in [1.82, 2.24) is 14.7 Å². The van der Waals surface area contributed by atoms with E-state index < -0.39 is 0 Å². The monoisotopic (exact) mass is 464 g/mol. The molecule has 3 heterocycles. The van der Waals surface area contributed by atoms with Crippen LogP contribution in [0.4, 0.5) is 5.82 Å². The Hall–Kier alpha value is -3.57. The van der Waals surface area contributed by atoms with Gasteiger partial charge in [0.05, 0.1) is 11.4 Å². The van der Waals surface area contributed by atoms with Gasteiger partial charge in [-0.1, -0.05) is 60.7 Å². The average Bonchev–Trinajstić information content (AvgIpc) is 3.53. The fourth-order valence-corrected chi connectivity index (χ4v) is 5.35. The molecule has 0 atom stereocenters. The Bertz CT molecular complexity index is 1240. The lowest BCUT2D eigenvalue weighted by atomic mass is 9.90. The summed E-state index contributed by atoms with van der Waals surface area (Å²) in [5.41, 5.74) is 6.36. The zero-order valence-electron chi connectivity index (χ0n) is 20.1. The van der Waals surface area contributed by atoms with Crippen molar-refractivity contribution < 1.29 is 4.74 Å². The second kappa shape index (κ2) is 9.96. The maximum Gasteiger partial charge on any atom is 0.133 e. The van der Waals surface area contributed by atoms with Crippen molar-refractivity contribution in [3.63, 3.8) is 0 Å². The fraction of sp³-hybridized carbons (Fsp3) is 0.300. The molecule has 1 fully saturated rings. The molecule has 2 aliphatic heterocycles. The Morgan fingerprint density at radius 2 is 1.51 bits per heavy atom. The number of hydrogen-bond donors (Lipinski definition) is 1. The molecular formula is C30H32N4O. The molecule has 0 amide bonds. The largest absolute Gasteiger partial charge is 0.489 e. The molecule has 5 nitrogen and oxygen atoms in total. The van der Waals surface area contributed by atoms with Crippen LogP contribution in [0.25, 0.3) is 5.69 Å². The quantitative estimate of drug-likeness (QED) is 0.375. The molecule has 0 spiro atoms. The number of anilines is 1. The molecule has 2 aliphatic rings. The number of likely N-dealkylation sites (tertiary alicyclic amines) is 1. The molecule has 4 aromatic rings. The first-order valence-corrected chi connectivity index (χ1v) is 12.7. The Morgan fingerprint density at radius 3 is 2.23 bits per heavy atom. The predicted octanol–water partition coefficient (Wildman–Crippen LogP) is 5.80. The van der Waals surface area contributed by atoms with Gasteiger partial charge in [0.1, 0.15) is 18.2 Å². The van der Waals surface area contributed by atoms with E-state index in [1.807, 2.05) is 30.3 Å². The first-order chi connectivity index (χ1) is 17.3. The predicted molar refractivity (Wildman–Crippen MR) is 140 cm³/mol. The highest BCUT2D eigenvalue weighted by Gasteiger charge is 2.30. The van der Waals surface area contributed by atoms with Crippen LogP contribution in [0.1, 0.15) is 41.1 Å². The summed E-state index contributed by atoms with van der Waals surface area (Å²) in [5, 5.41) is 8.74. The number of nitrogens with one attached hydrogen (secondary N) is 1. The molecule has 0 bridgehead atoms. The summed E-state index contributed by atoms with van der Waals surface area (Å²) in [7, 11) is 0. The molecule has 6 rings (SSSR count). The van der Waals surface area contributed by atoms with Gasteiger partial charge in [-0.25, -0.2) is 4.68 Å². The van der Waals surface area contributed by atoms with Gasteiger partial charge in [0.25, 0.3) is 0 Å². The minimum Gasteiger partial charge on any atom is -0.489 e. The molecule has 1 aromatic heterocycles. The summed E-state index contributed by atoms with van der Waals surface area (Å²) in [6.07, 6.45) is 3.40. The van der Waals surface area contributed by atoms with Crippen LogP contribution < -0.4 is 10.1 Å². The van der Waals surface area contributed by atoms with E-state index >= 15 is 0 Å². The molecule has 0 unspecified atom stereocenters. The summed E-state index contributed by atoms with van der Waals surface area (Å²) >= 11 is 0. The van der Waals surface area contributed by atoms with E-state index in [0.717, 1.165) is 44.0 Å². The number of nitrogens with zero attached hydrogens (tertiary/aromatic N) is 3. The molecule has 35 heavy (non-hydrogen) atoms. The molecule has 0 saturated carbocycles. The van der Waals surface area contributed by atoms with Gasteiger partial charge < -0.3 is 10.1 Å². The standard InChI is InChI=1S/C30H32N4O/c1-3-7-23(8-4-1)21-33-19-16-25(17-20-33)29-28-15-18-31-30(28)34(32-29)26-11-13-27(14-12-26)35-22-24-9-5-2-6-10-24/h1-14,25,31H,15-22H2. The fourth-order valence-electron chi connectivity index (χ4n) is 5.35. The van der Waals surface area contributed by atoms with Crippen LogP contribution >= 0.6 is 0 Å². The summed E-state index contributed by atoms with van der Waals surface area (Å²) in [6, 6.07) is 29.4. The zero-order valence-corrected chi connectivity index (χ0v) is 20.1. The first-order valence-electron chi connectivity index (χ1n) is 12.7. The highest BCUT2D eigenvalue weighted by molar-refractivity contribution is 5.58. The number of piperidine rings is 1. The molecule has 0 radical (unpaired) electrons. The molecular weight excluding hydrogens is 432 g/mol. The number of hydrogen-bond acceptors (Lipinski definition) is 4. The smallest absolute Gasteiger partial charge is 0.133 e. The van der Waals surface area contributed by atoms with E-state index in [0.29, 0.717) is 12.5 Å². The van der Waals surface area contributed by atoms with Crippen LogP contribution in [0.5, 0.6) is 5.75 Å². The SMILES string of the molecule is c1ccc(COc2ccc(-n3nc(C4CCN(Cc5ccccc5)CC4)c4c3NCC4)cc2)cc1. The van der Waals surface area contributed by atoms with E-state index in [-0.39, 0.29) is 0 Å². The topological polar surface area (TPSA) is 42.3 Å². The number of benzene rings is 3. The summed E-state index contributed by atoms with van der Waals surface area (Å²) in [5.74, 6) is 2.58. The van der Waals surface area contributed by atoms with Crippen molar-refractivity contribution >= 4 is 5.82 Å². The molecule has 178 valence electrons. The van der Waals surface area contributed by atoms with Crippen molar-refractivity contribution in [3.05, 3.63) is 107 Å². The maximum absolute atomic E-state index is 5.98. The van der Waals surface area contributed by atoms with Crippen molar-refractivity contribution in [2.45, 2.75) is 38.3 Å². The van der Waals surface area contributed by atoms with Crippen molar-refractivity contribution in [3.8, 4) is 11.4 Å². The van der Waals surface area contributed by atoms with E-state index in [2.05, 4.69) is 69.5 Å². The van der Waals surface area contributed by atoms with Gasteiger partial charge in [0.15, 0.2) is 0 Å². The van der Waals surface area contributed by atoms with Gasteiger partial charge >= 0.3 is 0 Å². The lowest BCUT2D eigenvalue weighted by Gasteiger charge is -2.31. The van der Waals surface area contributed by atoms with E-state index in [4.69, 9.17) is 9.84 Å². The van der Waals surface area contributed by atoms with Gasteiger partial charge in [-0.05, 0) is 67.7 Å². The third-order valence-corrected chi connectivity index (χ3v) is 7.23. The van der Waals surface area contributed by atoms with Crippen LogP contribution in [0.3, 0.4) is 0 Å². The van der Waals surface area contributed by atoms with Crippen molar-refractivity contribution in [2.75, 3.05) is 25.0 Å². The minimum absolute atomic E-state index is 0.533. The van der Waals surface area contributed by atoms with Gasteiger partial charge in [0.2, 0.25) is 0 Å². The van der Waals surface area contributed by atoms with E-state index in [1.165, 1.54) is 41.0 Å². The number of ether oxygens (including phenoxy) is 1. The highest BCUT2D eigenvalue weighted by Crippen LogP contribution is 2.37. The maximum atomic E-state index is 5.98. The van der Waals surface area contributed by atoms with Crippen LogP contribution in [0.2, 0.25) is 0 Å². The number of fused-ring (bicyclic) bond motifs is 1. The Labute approximate surface area is 207 Å². The number of rotatable bonds is 7. The first kappa shape index (κ1) is 21.9. The van der Waals surface area contributed by atoms with E-state index in [1.54, 1.807) is 0 Å². The molecule has 0 aliphatic carbocycles. The summed E-state index contributed by atoms with van der Waals surface area (Å²) in [4.78, 5) is 2.58. The Kier molecular flexibility index (Phi) is 6.24. The molecule has 1 N–H and O–H groups in total. The van der Waals surface area contributed by atoms with Crippen LogP contribution in [0.15, 0.2) is 84.9 Å². The molecule has 5 heteroatoms. The average molecular weight is 465 g/mol. The molecule has 3 aromatic carbocycles. The zero-order chi connectivity index (χ0) is 23.5. The van der Waals surface area contributed by atoms with Gasteiger partial charge in [0, 0.05) is 24.6 Å². The van der Waals surface area contributed by atoms with Gasteiger partial charge in [-0.2, -0.15) is 5.10 Å². The highest BCUT2D eigenvalue weighted by atomic mass is 16.5. The normalized spacial score (nSPS) is 16.1. The summed E-state index contributed by atoms with van der Waals surface area (Å²) in [6.45, 7) is 4.86. The Balaban J connectivity index is 1.14. The molecule has 1 saturated heterocycles. The lowest BCUT2D eigenvalue weighted by Crippen LogP contribution is -2.32. The Morgan fingerprint density at radius 1 is 0.829 bits per heavy atom. The van der Waals surface area contributed by atoms with E-state index in [9.17, 15) is 0 Å². The van der Waals surface area contributed by atoms with Crippen LogP contribution in [-0.4, -0.2) is 34.3 Å². The van der Waals surface area contributed by atoms with Gasteiger partial charge in [-0.3, -0.25) is 4.90 Å².